The molecule has 0 saturated carbocycles. The summed E-state index contributed by atoms with van der Waals surface area (Å²) in [5.74, 6) is 0.353. The van der Waals surface area contributed by atoms with Crippen LogP contribution < -0.4 is 5.32 Å². The molecular weight excluding hydrogens is 319 g/mol. The second-order valence-corrected chi connectivity index (χ2v) is 4.53. The molecule has 0 aliphatic heterocycles. The lowest BCUT2D eigenvalue weighted by molar-refractivity contribution is 0.101. The largest absolute Gasteiger partial charge is 0.361 e. The number of carbonyl (C=O) groups is 1. The molecular formula is C11H9IN2O2. The number of hydrogen-bond donors (Lipinski definition) is 1. The molecule has 4 nitrogen and oxygen atoms in total. The molecule has 0 aliphatic carbocycles. The van der Waals surface area contributed by atoms with Gasteiger partial charge in [-0.1, -0.05) is 11.2 Å². The van der Waals surface area contributed by atoms with Crippen LogP contribution in [0.1, 0.15) is 16.2 Å². The van der Waals surface area contributed by atoms with Gasteiger partial charge < -0.3 is 9.84 Å². The van der Waals surface area contributed by atoms with Crippen LogP contribution in [0.3, 0.4) is 0 Å². The molecule has 82 valence electrons. The number of hydrogen-bond acceptors (Lipinski definition) is 3. The molecule has 2 rings (SSSR count). The average Bonchev–Trinajstić information content (AvgIpc) is 2.65. The fraction of sp³-hybridized carbons (Fsp3) is 0.0909. The van der Waals surface area contributed by atoms with Crippen molar-refractivity contribution in [1.29, 1.82) is 0 Å². The van der Waals surface area contributed by atoms with E-state index in [-0.39, 0.29) is 11.6 Å². The van der Waals surface area contributed by atoms with Crippen molar-refractivity contribution in [1.82, 2.24) is 5.16 Å². The second-order valence-electron chi connectivity index (χ2n) is 3.29. The van der Waals surface area contributed by atoms with Gasteiger partial charge in [0, 0.05) is 15.3 Å². The third kappa shape index (κ3) is 2.60. The Balaban J connectivity index is 2.13. The van der Waals surface area contributed by atoms with E-state index in [2.05, 4.69) is 33.1 Å². The lowest BCUT2D eigenvalue weighted by Crippen LogP contribution is -2.12. The van der Waals surface area contributed by atoms with Crippen molar-refractivity contribution < 1.29 is 9.32 Å². The minimum absolute atomic E-state index is 0.265. The van der Waals surface area contributed by atoms with Gasteiger partial charge >= 0.3 is 0 Å². The van der Waals surface area contributed by atoms with E-state index in [4.69, 9.17) is 4.52 Å². The van der Waals surface area contributed by atoms with Gasteiger partial charge in [-0.3, -0.25) is 4.79 Å². The molecule has 5 heteroatoms. The number of carbonyl (C=O) groups excluding carboxylic acids is 1. The van der Waals surface area contributed by atoms with E-state index >= 15 is 0 Å². The van der Waals surface area contributed by atoms with Crippen LogP contribution in [-0.4, -0.2) is 11.1 Å². The van der Waals surface area contributed by atoms with Crippen LogP contribution in [0.5, 0.6) is 0 Å². The highest BCUT2D eigenvalue weighted by Crippen LogP contribution is 2.13. The Morgan fingerprint density at radius 1 is 1.44 bits per heavy atom. The number of benzene rings is 1. The molecule has 1 amide bonds. The molecule has 1 heterocycles. The second kappa shape index (κ2) is 4.65. The number of nitrogens with zero attached hydrogens (tertiary/aromatic N) is 1. The predicted molar refractivity (Wildman–Crippen MR) is 68.4 cm³/mol. The number of amides is 1. The van der Waals surface area contributed by atoms with Gasteiger partial charge in [0.1, 0.15) is 5.76 Å². The molecule has 0 spiro atoms. The number of aromatic nitrogens is 1. The summed E-state index contributed by atoms with van der Waals surface area (Å²) in [6, 6.07) is 9.14. The molecule has 0 atom stereocenters. The van der Waals surface area contributed by atoms with Crippen LogP contribution in [0.25, 0.3) is 0 Å². The van der Waals surface area contributed by atoms with Gasteiger partial charge in [0.25, 0.3) is 5.91 Å². The highest BCUT2D eigenvalue weighted by molar-refractivity contribution is 14.1. The molecule has 0 bridgehead atoms. The fourth-order valence-electron chi connectivity index (χ4n) is 1.23. The number of halogens is 1. The van der Waals surface area contributed by atoms with Gasteiger partial charge in [-0.15, -0.1) is 0 Å². The fourth-order valence-corrected chi connectivity index (χ4v) is 1.78. The van der Waals surface area contributed by atoms with E-state index in [0.717, 1.165) is 9.26 Å². The Hall–Kier alpha value is -1.37. The average molecular weight is 328 g/mol. The Morgan fingerprint density at radius 3 is 2.88 bits per heavy atom. The van der Waals surface area contributed by atoms with Crippen molar-refractivity contribution >= 4 is 34.2 Å². The summed E-state index contributed by atoms with van der Waals surface area (Å²) in [7, 11) is 0. The van der Waals surface area contributed by atoms with Gasteiger partial charge in [-0.05, 0) is 47.7 Å². The zero-order valence-corrected chi connectivity index (χ0v) is 10.7. The van der Waals surface area contributed by atoms with Crippen molar-refractivity contribution in [3.05, 3.63) is 45.4 Å². The Labute approximate surface area is 106 Å². The minimum Gasteiger partial charge on any atom is -0.361 e. The van der Waals surface area contributed by atoms with Crippen molar-refractivity contribution in [3.63, 3.8) is 0 Å². The molecule has 0 radical (unpaired) electrons. The third-order valence-corrected chi connectivity index (χ3v) is 2.61. The summed E-state index contributed by atoms with van der Waals surface area (Å²) in [6.07, 6.45) is 0. The molecule has 0 aliphatic rings. The standard InChI is InChI=1S/C11H9IN2O2/c1-7-5-10(14-16-7)11(15)13-9-4-2-3-8(12)6-9/h2-6H,1H3,(H,13,15). The van der Waals surface area contributed by atoms with Crippen LogP contribution in [0, 0.1) is 10.5 Å². The van der Waals surface area contributed by atoms with Crippen LogP contribution in [-0.2, 0) is 0 Å². The number of anilines is 1. The summed E-state index contributed by atoms with van der Waals surface area (Å²) >= 11 is 2.19. The van der Waals surface area contributed by atoms with Crippen LogP contribution in [0.15, 0.2) is 34.9 Å². The molecule has 0 unspecified atom stereocenters. The first-order valence-corrected chi connectivity index (χ1v) is 5.73. The van der Waals surface area contributed by atoms with Crippen molar-refractivity contribution in [2.24, 2.45) is 0 Å². The van der Waals surface area contributed by atoms with E-state index in [9.17, 15) is 4.79 Å². The summed E-state index contributed by atoms with van der Waals surface area (Å²) in [6.45, 7) is 1.75. The molecule has 0 fully saturated rings. The number of nitrogens with one attached hydrogen (secondary N) is 1. The SMILES string of the molecule is Cc1cc(C(=O)Nc2cccc(I)c2)no1. The highest BCUT2D eigenvalue weighted by Gasteiger charge is 2.10. The maximum Gasteiger partial charge on any atom is 0.277 e. The molecule has 1 aromatic carbocycles. The predicted octanol–water partition coefficient (Wildman–Crippen LogP) is 2.84. The molecule has 1 N–H and O–H groups in total. The first kappa shape index (κ1) is 11.1. The molecule has 1 aromatic heterocycles. The van der Waals surface area contributed by atoms with Crippen LogP contribution in [0.4, 0.5) is 5.69 Å². The summed E-state index contributed by atoms with van der Waals surface area (Å²) in [5, 5.41) is 6.39. The first-order valence-electron chi connectivity index (χ1n) is 4.65. The summed E-state index contributed by atoms with van der Waals surface area (Å²) in [4.78, 5) is 11.7. The zero-order chi connectivity index (χ0) is 11.5. The van der Waals surface area contributed by atoms with E-state index in [1.54, 1.807) is 13.0 Å². The maximum atomic E-state index is 11.7. The molecule has 2 aromatic rings. The van der Waals surface area contributed by atoms with E-state index in [1.165, 1.54) is 0 Å². The van der Waals surface area contributed by atoms with Gasteiger partial charge in [0.2, 0.25) is 0 Å². The number of rotatable bonds is 2. The smallest absolute Gasteiger partial charge is 0.277 e. The highest BCUT2D eigenvalue weighted by atomic mass is 127. The lowest BCUT2D eigenvalue weighted by atomic mass is 10.3. The molecule has 0 saturated heterocycles. The maximum absolute atomic E-state index is 11.7. The monoisotopic (exact) mass is 328 g/mol. The third-order valence-electron chi connectivity index (χ3n) is 1.94. The summed E-state index contributed by atoms with van der Waals surface area (Å²) < 4.78 is 5.90. The minimum atomic E-state index is -0.265. The lowest BCUT2D eigenvalue weighted by Gasteiger charge is -2.02. The van der Waals surface area contributed by atoms with Crippen molar-refractivity contribution in [3.8, 4) is 0 Å². The van der Waals surface area contributed by atoms with E-state index in [1.807, 2.05) is 24.3 Å². The van der Waals surface area contributed by atoms with E-state index in [0.29, 0.717) is 5.76 Å². The quantitative estimate of drug-likeness (QED) is 0.863. The normalized spacial score (nSPS) is 10.1. The Kier molecular flexibility index (Phi) is 3.23. The Bertz CT molecular complexity index is 522. The number of aryl methyl sites for hydroxylation is 1. The van der Waals surface area contributed by atoms with Crippen molar-refractivity contribution in [2.75, 3.05) is 5.32 Å². The van der Waals surface area contributed by atoms with Gasteiger partial charge in [0.15, 0.2) is 5.69 Å². The molecule has 16 heavy (non-hydrogen) atoms. The van der Waals surface area contributed by atoms with Gasteiger partial charge in [-0.2, -0.15) is 0 Å². The van der Waals surface area contributed by atoms with Crippen molar-refractivity contribution in [2.45, 2.75) is 6.92 Å². The Morgan fingerprint density at radius 2 is 2.25 bits per heavy atom. The van der Waals surface area contributed by atoms with Crippen LogP contribution >= 0.6 is 22.6 Å². The van der Waals surface area contributed by atoms with E-state index < -0.39 is 0 Å². The van der Waals surface area contributed by atoms with Gasteiger partial charge in [0.05, 0.1) is 0 Å². The van der Waals surface area contributed by atoms with Gasteiger partial charge in [-0.25, -0.2) is 0 Å². The zero-order valence-electron chi connectivity index (χ0n) is 8.53. The topological polar surface area (TPSA) is 55.1 Å². The van der Waals surface area contributed by atoms with Crippen LogP contribution in [0.2, 0.25) is 0 Å². The first-order chi connectivity index (χ1) is 7.65. The summed E-state index contributed by atoms with van der Waals surface area (Å²) in [5.41, 5.74) is 1.04.